The molecule has 0 aliphatic rings. The van der Waals surface area contributed by atoms with E-state index in [0.717, 1.165) is 13.1 Å². The van der Waals surface area contributed by atoms with Crippen LogP contribution in [-0.4, -0.2) is 19.1 Å². The summed E-state index contributed by atoms with van der Waals surface area (Å²) < 4.78 is 0. The number of likely N-dealkylation sites (N-methyl/N-ethyl adjacent to an activating group) is 1. The van der Waals surface area contributed by atoms with Gasteiger partial charge in [0.2, 0.25) is 0 Å². The molecule has 0 aliphatic heterocycles. The van der Waals surface area contributed by atoms with Crippen LogP contribution in [0.3, 0.4) is 0 Å². The van der Waals surface area contributed by atoms with E-state index in [1.165, 1.54) is 16.8 Å². The standard InChI is InChI=1S/C13H22N2.ClH/c1-5-15(9-12(4)14)13-7-10(2)6-11(3)8-13;/h6-8,12H,5,9,14H2,1-4H3;1H. The molecule has 0 aliphatic carbocycles. The van der Waals surface area contributed by atoms with E-state index in [-0.39, 0.29) is 18.4 Å². The lowest BCUT2D eigenvalue weighted by molar-refractivity contribution is 0.689. The first-order valence-electron chi connectivity index (χ1n) is 5.61. The maximum atomic E-state index is 5.84. The number of hydrogen-bond acceptors (Lipinski definition) is 2. The third-order valence-corrected chi connectivity index (χ3v) is 2.46. The first kappa shape index (κ1) is 15.3. The number of benzene rings is 1. The van der Waals surface area contributed by atoms with E-state index in [4.69, 9.17) is 5.73 Å². The number of halogens is 1. The second-order valence-electron chi connectivity index (χ2n) is 4.36. The number of nitrogens with two attached hydrogens (primary N) is 1. The highest BCUT2D eigenvalue weighted by molar-refractivity contribution is 5.85. The molecule has 1 aromatic rings. The minimum Gasteiger partial charge on any atom is -0.370 e. The van der Waals surface area contributed by atoms with Gasteiger partial charge in [-0.15, -0.1) is 12.4 Å². The molecule has 1 aromatic carbocycles. The van der Waals surface area contributed by atoms with Gasteiger partial charge in [-0.2, -0.15) is 0 Å². The van der Waals surface area contributed by atoms with Crippen LogP contribution >= 0.6 is 12.4 Å². The van der Waals surface area contributed by atoms with Crippen molar-refractivity contribution in [3.8, 4) is 0 Å². The fourth-order valence-electron chi connectivity index (χ4n) is 1.90. The minimum absolute atomic E-state index is 0. The number of aryl methyl sites for hydroxylation is 2. The largest absolute Gasteiger partial charge is 0.370 e. The molecule has 0 amide bonds. The Bertz CT molecular complexity index is 303. The average molecular weight is 243 g/mol. The molecule has 16 heavy (non-hydrogen) atoms. The normalized spacial score (nSPS) is 11.8. The predicted octanol–water partition coefficient (Wildman–Crippen LogP) is 2.90. The zero-order chi connectivity index (χ0) is 11.4. The molecular formula is C13H23ClN2. The number of rotatable bonds is 4. The molecule has 3 heteroatoms. The summed E-state index contributed by atoms with van der Waals surface area (Å²) in [7, 11) is 0. The van der Waals surface area contributed by atoms with E-state index < -0.39 is 0 Å². The zero-order valence-electron chi connectivity index (χ0n) is 10.7. The van der Waals surface area contributed by atoms with Gasteiger partial charge < -0.3 is 10.6 Å². The van der Waals surface area contributed by atoms with Crippen molar-refractivity contribution in [3.05, 3.63) is 29.3 Å². The fourth-order valence-corrected chi connectivity index (χ4v) is 1.90. The number of nitrogens with zero attached hydrogens (tertiary/aromatic N) is 1. The van der Waals surface area contributed by atoms with Gasteiger partial charge in [-0.25, -0.2) is 0 Å². The molecule has 2 N–H and O–H groups in total. The van der Waals surface area contributed by atoms with Crippen LogP contribution in [0.5, 0.6) is 0 Å². The molecule has 1 unspecified atom stereocenters. The molecule has 0 radical (unpaired) electrons. The van der Waals surface area contributed by atoms with E-state index in [1.807, 2.05) is 6.92 Å². The smallest absolute Gasteiger partial charge is 0.0371 e. The van der Waals surface area contributed by atoms with Crippen molar-refractivity contribution >= 4 is 18.1 Å². The Morgan fingerprint density at radius 3 is 2.06 bits per heavy atom. The lowest BCUT2D eigenvalue weighted by Gasteiger charge is -2.25. The summed E-state index contributed by atoms with van der Waals surface area (Å²) >= 11 is 0. The van der Waals surface area contributed by atoms with Crippen molar-refractivity contribution in [3.63, 3.8) is 0 Å². The first-order chi connectivity index (χ1) is 7.02. The average Bonchev–Trinajstić information content (AvgIpc) is 2.12. The van der Waals surface area contributed by atoms with E-state index in [2.05, 4.69) is 43.9 Å². The molecule has 0 bridgehead atoms. The third-order valence-electron chi connectivity index (χ3n) is 2.46. The SMILES string of the molecule is CCN(CC(C)N)c1cc(C)cc(C)c1.Cl. The highest BCUT2D eigenvalue weighted by Crippen LogP contribution is 2.18. The summed E-state index contributed by atoms with van der Waals surface area (Å²) in [5.41, 5.74) is 9.75. The predicted molar refractivity (Wildman–Crippen MR) is 74.7 cm³/mol. The lowest BCUT2D eigenvalue weighted by atomic mass is 10.1. The Morgan fingerprint density at radius 2 is 1.69 bits per heavy atom. The molecule has 0 saturated heterocycles. The highest BCUT2D eigenvalue weighted by atomic mass is 35.5. The molecule has 1 rings (SSSR count). The molecule has 0 spiro atoms. The topological polar surface area (TPSA) is 29.3 Å². The summed E-state index contributed by atoms with van der Waals surface area (Å²) in [6, 6.07) is 6.85. The summed E-state index contributed by atoms with van der Waals surface area (Å²) in [4.78, 5) is 2.32. The van der Waals surface area contributed by atoms with Gasteiger partial charge >= 0.3 is 0 Å². The van der Waals surface area contributed by atoms with Crippen LogP contribution in [-0.2, 0) is 0 Å². The molecule has 2 nitrogen and oxygen atoms in total. The lowest BCUT2D eigenvalue weighted by Crippen LogP contribution is -2.35. The van der Waals surface area contributed by atoms with Crippen molar-refractivity contribution < 1.29 is 0 Å². The summed E-state index contributed by atoms with van der Waals surface area (Å²) in [6.07, 6.45) is 0. The van der Waals surface area contributed by atoms with Crippen LogP contribution in [0.15, 0.2) is 18.2 Å². The van der Waals surface area contributed by atoms with E-state index in [9.17, 15) is 0 Å². The van der Waals surface area contributed by atoms with Gasteiger partial charge in [0.25, 0.3) is 0 Å². The molecule has 1 atom stereocenters. The van der Waals surface area contributed by atoms with E-state index >= 15 is 0 Å². The Balaban J connectivity index is 0.00000225. The van der Waals surface area contributed by atoms with Gasteiger partial charge in [-0.1, -0.05) is 6.07 Å². The minimum atomic E-state index is 0. The first-order valence-corrected chi connectivity index (χ1v) is 5.61. The Morgan fingerprint density at radius 1 is 1.19 bits per heavy atom. The van der Waals surface area contributed by atoms with Gasteiger partial charge in [0.1, 0.15) is 0 Å². The highest BCUT2D eigenvalue weighted by Gasteiger charge is 2.07. The molecule has 0 heterocycles. The summed E-state index contributed by atoms with van der Waals surface area (Å²) in [5.74, 6) is 0. The van der Waals surface area contributed by atoms with Gasteiger partial charge in [-0.3, -0.25) is 0 Å². The van der Waals surface area contributed by atoms with Gasteiger partial charge in [-0.05, 0) is 51.0 Å². The van der Waals surface area contributed by atoms with Crippen molar-refractivity contribution in [1.29, 1.82) is 0 Å². The third kappa shape index (κ3) is 4.42. The van der Waals surface area contributed by atoms with Crippen LogP contribution in [0.1, 0.15) is 25.0 Å². The molecule has 92 valence electrons. The van der Waals surface area contributed by atoms with Gasteiger partial charge in [0.05, 0.1) is 0 Å². The maximum Gasteiger partial charge on any atom is 0.0371 e. The van der Waals surface area contributed by atoms with Gasteiger partial charge in [0.15, 0.2) is 0 Å². The van der Waals surface area contributed by atoms with Crippen molar-refractivity contribution in [2.75, 3.05) is 18.0 Å². The van der Waals surface area contributed by atoms with Crippen molar-refractivity contribution in [2.24, 2.45) is 5.73 Å². The van der Waals surface area contributed by atoms with E-state index in [1.54, 1.807) is 0 Å². The molecule has 0 fully saturated rings. The molecular weight excluding hydrogens is 220 g/mol. The number of hydrogen-bond donors (Lipinski definition) is 1. The van der Waals surface area contributed by atoms with Crippen LogP contribution in [0.2, 0.25) is 0 Å². The molecule has 0 saturated carbocycles. The van der Waals surface area contributed by atoms with E-state index in [0.29, 0.717) is 0 Å². The monoisotopic (exact) mass is 242 g/mol. The van der Waals surface area contributed by atoms with Crippen LogP contribution in [0.25, 0.3) is 0 Å². The van der Waals surface area contributed by atoms with Crippen LogP contribution in [0.4, 0.5) is 5.69 Å². The summed E-state index contributed by atoms with van der Waals surface area (Å²) in [5, 5.41) is 0. The number of anilines is 1. The van der Waals surface area contributed by atoms with Crippen LogP contribution < -0.4 is 10.6 Å². The quantitative estimate of drug-likeness (QED) is 0.880. The Labute approximate surface area is 105 Å². The van der Waals surface area contributed by atoms with Crippen molar-refractivity contribution in [1.82, 2.24) is 0 Å². The molecule has 0 aromatic heterocycles. The maximum absolute atomic E-state index is 5.84. The van der Waals surface area contributed by atoms with Gasteiger partial charge in [0, 0.05) is 24.8 Å². The summed E-state index contributed by atoms with van der Waals surface area (Å²) in [6.45, 7) is 10.4. The fraction of sp³-hybridized carbons (Fsp3) is 0.538. The second-order valence-corrected chi connectivity index (χ2v) is 4.36. The van der Waals surface area contributed by atoms with Crippen molar-refractivity contribution in [2.45, 2.75) is 33.7 Å². The Kier molecular flexibility index (Phi) is 6.46. The Hall–Kier alpha value is -0.730. The second kappa shape index (κ2) is 6.77. The zero-order valence-corrected chi connectivity index (χ0v) is 11.5. The van der Waals surface area contributed by atoms with Crippen LogP contribution in [0, 0.1) is 13.8 Å².